The normalized spacial score (nSPS) is 14.7. The maximum atomic E-state index is 12.4. The number of ether oxygens (including phenoxy) is 1. The summed E-state index contributed by atoms with van der Waals surface area (Å²) < 4.78 is 5.23. The lowest BCUT2D eigenvalue weighted by Gasteiger charge is -2.34. The maximum Gasteiger partial charge on any atom is 0.230 e. The molecule has 0 aromatic heterocycles. The minimum atomic E-state index is 0.117. The van der Waals surface area contributed by atoms with E-state index in [0.717, 1.165) is 36.6 Å². The Labute approximate surface area is 176 Å². The van der Waals surface area contributed by atoms with E-state index in [1.807, 2.05) is 24.3 Å². The molecule has 1 amide bonds. The van der Waals surface area contributed by atoms with Crippen LogP contribution in [0.5, 0.6) is 5.75 Å². The van der Waals surface area contributed by atoms with E-state index in [-0.39, 0.29) is 11.9 Å². The van der Waals surface area contributed by atoms with Gasteiger partial charge in [-0.2, -0.15) is 0 Å². The number of amides is 1. The number of hydrogen-bond acceptors (Lipinski definition) is 4. The second-order valence-corrected chi connectivity index (χ2v) is 8.37. The molecule has 1 aliphatic rings. The Morgan fingerprint density at radius 2 is 1.76 bits per heavy atom. The molecular formula is C24H26N2O2S. The fourth-order valence-electron chi connectivity index (χ4n) is 3.75. The molecule has 0 saturated carbocycles. The number of anilines is 1. The molecule has 0 atom stereocenters. The summed E-state index contributed by atoms with van der Waals surface area (Å²) in [6.45, 7) is 1.91. The number of carbonyl (C=O) groups excluding carboxylic acids is 1. The number of nitrogens with zero attached hydrogens (tertiary/aromatic N) is 1. The monoisotopic (exact) mass is 406 g/mol. The topological polar surface area (TPSA) is 41.6 Å². The predicted octanol–water partition coefficient (Wildman–Crippen LogP) is 4.73. The van der Waals surface area contributed by atoms with E-state index in [1.54, 1.807) is 18.9 Å². The van der Waals surface area contributed by atoms with Gasteiger partial charge in [0, 0.05) is 29.7 Å². The van der Waals surface area contributed by atoms with Crippen LogP contribution < -0.4 is 15.0 Å². The van der Waals surface area contributed by atoms with Crippen molar-refractivity contribution in [2.45, 2.75) is 23.8 Å². The summed E-state index contributed by atoms with van der Waals surface area (Å²) in [7, 11) is 1.68. The lowest BCUT2D eigenvalue weighted by atomic mass is 10.0. The molecule has 0 radical (unpaired) electrons. The van der Waals surface area contributed by atoms with Crippen LogP contribution in [0.4, 0.5) is 5.69 Å². The van der Waals surface area contributed by atoms with Crippen molar-refractivity contribution in [3.63, 3.8) is 0 Å². The largest absolute Gasteiger partial charge is 0.497 e. The van der Waals surface area contributed by atoms with Crippen molar-refractivity contribution in [3.8, 4) is 5.75 Å². The summed E-state index contributed by atoms with van der Waals surface area (Å²) >= 11 is 1.60. The van der Waals surface area contributed by atoms with Gasteiger partial charge in [-0.25, -0.2) is 0 Å². The third kappa shape index (κ3) is 5.04. The first-order valence-corrected chi connectivity index (χ1v) is 11.0. The molecular weight excluding hydrogens is 380 g/mol. The Hall–Kier alpha value is -2.66. The van der Waals surface area contributed by atoms with E-state index >= 15 is 0 Å². The first kappa shape index (κ1) is 19.6. The molecule has 5 heteroatoms. The Bertz CT molecular complexity index is 966. The van der Waals surface area contributed by atoms with Gasteiger partial charge in [-0.3, -0.25) is 4.79 Å². The van der Waals surface area contributed by atoms with Gasteiger partial charge in [0.15, 0.2) is 0 Å². The highest BCUT2D eigenvalue weighted by atomic mass is 32.2. The van der Waals surface area contributed by atoms with Crippen molar-refractivity contribution in [2.24, 2.45) is 0 Å². The molecule has 1 heterocycles. The Balaban J connectivity index is 1.24. The average molecular weight is 407 g/mol. The van der Waals surface area contributed by atoms with E-state index in [4.69, 9.17) is 4.74 Å². The van der Waals surface area contributed by atoms with Gasteiger partial charge in [0.25, 0.3) is 0 Å². The van der Waals surface area contributed by atoms with Crippen molar-refractivity contribution in [3.05, 3.63) is 66.7 Å². The molecule has 4 rings (SSSR count). The number of rotatable bonds is 6. The molecule has 4 nitrogen and oxygen atoms in total. The van der Waals surface area contributed by atoms with Gasteiger partial charge in [0.2, 0.25) is 5.91 Å². The third-order valence-corrected chi connectivity index (χ3v) is 6.38. The van der Waals surface area contributed by atoms with Crippen LogP contribution in [-0.2, 0) is 4.79 Å². The van der Waals surface area contributed by atoms with Crippen molar-refractivity contribution in [1.82, 2.24) is 5.32 Å². The van der Waals surface area contributed by atoms with E-state index in [0.29, 0.717) is 5.75 Å². The molecule has 150 valence electrons. The summed E-state index contributed by atoms with van der Waals surface area (Å²) in [6.07, 6.45) is 1.94. The molecule has 0 spiro atoms. The van der Waals surface area contributed by atoms with Crippen LogP contribution in [0.1, 0.15) is 12.8 Å². The average Bonchev–Trinajstić information content (AvgIpc) is 2.78. The summed E-state index contributed by atoms with van der Waals surface area (Å²) in [4.78, 5) is 15.9. The number of carbonyl (C=O) groups is 1. The summed E-state index contributed by atoms with van der Waals surface area (Å²) in [5, 5.41) is 5.65. The quantitative estimate of drug-likeness (QED) is 0.601. The van der Waals surface area contributed by atoms with Crippen LogP contribution in [0.25, 0.3) is 10.8 Å². The van der Waals surface area contributed by atoms with Crippen molar-refractivity contribution in [2.75, 3.05) is 30.9 Å². The Kier molecular flexibility index (Phi) is 6.25. The number of methoxy groups -OCH3 is 1. The Morgan fingerprint density at radius 1 is 1.03 bits per heavy atom. The van der Waals surface area contributed by atoms with E-state index < -0.39 is 0 Å². The minimum Gasteiger partial charge on any atom is -0.497 e. The SMILES string of the molecule is COc1ccc(N2CCC(NC(=O)CSc3ccc4ccccc4c3)CC2)cc1. The van der Waals surface area contributed by atoms with Crippen molar-refractivity contribution < 1.29 is 9.53 Å². The molecule has 0 bridgehead atoms. The van der Waals surface area contributed by atoms with Gasteiger partial charge in [-0.05, 0) is 60.0 Å². The second kappa shape index (κ2) is 9.23. The van der Waals surface area contributed by atoms with E-state index in [2.05, 4.69) is 52.7 Å². The molecule has 0 aliphatic carbocycles. The van der Waals surface area contributed by atoms with Gasteiger partial charge in [0.05, 0.1) is 12.9 Å². The predicted molar refractivity (Wildman–Crippen MR) is 121 cm³/mol. The molecule has 1 N–H and O–H groups in total. The van der Waals surface area contributed by atoms with Crippen LogP contribution >= 0.6 is 11.8 Å². The van der Waals surface area contributed by atoms with E-state index in [1.165, 1.54) is 16.5 Å². The van der Waals surface area contributed by atoms with Crippen LogP contribution in [0.3, 0.4) is 0 Å². The summed E-state index contributed by atoms with van der Waals surface area (Å²) in [5.41, 5.74) is 1.21. The zero-order valence-corrected chi connectivity index (χ0v) is 17.5. The minimum absolute atomic E-state index is 0.117. The van der Waals surface area contributed by atoms with E-state index in [9.17, 15) is 4.79 Å². The van der Waals surface area contributed by atoms with Crippen LogP contribution in [0, 0.1) is 0 Å². The molecule has 1 fully saturated rings. The van der Waals surface area contributed by atoms with Crippen LogP contribution in [-0.4, -0.2) is 37.9 Å². The lowest BCUT2D eigenvalue weighted by molar-refractivity contribution is -0.119. The van der Waals surface area contributed by atoms with Gasteiger partial charge < -0.3 is 15.0 Å². The fourth-order valence-corrected chi connectivity index (χ4v) is 4.51. The van der Waals surface area contributed by atoms with Crippen LogP contribution in [0.15, 0.2) is 71.6 Å². The smallest absolute Gasteiger partial charge is 0.230 e. The van der Waals surface area contributed by atoms with Gasteiger partial charge in [0.1, 0.15) is 5.75 Å². The molecule has 3 aromatic carbocycles. The fraction of sp³-hybridized carbons (Fsp3) is 0.292. The zero-order chi connectivity index (χ0) is 20.1. The standard InChI is InChI=1S/C24H26N2O2S/c1-28-22-9-7-21(8-10-22)26-14-12-20(13-15-26)25-24(27)17-29-23-11-6-18-4-2-3-5-19(18)16-23/h2-11,16,20H,12-15,17H2,1H3,(H,25,27). The number of fused-ring (bicyclic) bond motifs is 1. The van der Waals surface area contributed by atoms with Crippen LogP contribution in [0.2, 0.25) is 0 Å². The number of hydrogen-bond donors (Lipinski definition) is 1. The van der Waals surface area contributed by atoms with Crippen molar-refractivity contribution in [1.29, 1.82) is 0 Å². The highest BCUT2D eigenvalue weighted by Crippen LogP contribution is 2.25. The summed E-state index contributed by atoms with van der Waals surface area (Å²) in [5.74, 6) is 1.45. The zero-order valence-electron chi connectivity index (χ0n) is 16.6. The number of benzene rings is 3. The molecule has 3 aromatic rings. The number of thioether (sulfide) groups is 1. The lowest BCUT2D eigenvalue weighted by Crippen LogP contribution is -2.45. The first-order valence-electron chi connectivity index (χ1n) is 10.0. The summed E-state index contributed by atoms with van der Waals surface area (Å²) in [6, 6.07) is 23.1. The Morgan fingerprint density at radius 3 is 2.48 bits per heavy atom. The molecule has 0 unspecified atom stereocenters. The van der Waals surface area contributed by atoms with Gasteiger partial charge in [-0.15, -0.1) is 11.8 Å². The second-order valence-electron chi connectivity index (χ2n) is 7.32. The molecule has 29 heavy (non-hydrogen) atoms. The molecule has 1 aliphatic heterocycles. The van der Waals surface area contributed by atoms with Gasteiger partial charge in [-0.1, -0.05) is 30.3 Å². The third-order valence-electron chi connectivity index (χ3n) is 5.39. The highest BCUT2D eigenvalue weighted by molar-refractivity contribution is 8.00. The maximum absolute atomic E-state index is 12.4. The number of nitrogens with one attached hydrogen (secondary N) is 1. The van der Waals surface area contributed by atoms with Gasteiger partial charge >= 0.3 is 0 Å². The molecule has 1 saturated heterocycles. The first-order chi connectivity index (χ1) is 14.2. The van der Waals surface area contributed by atoms with Crippen molar-refractivity contribution >= 4 is 34.1 Å². The number of piperidine rings is 1. The highest BCUT2D eigenvalue weighted by Gasteiger charge is 2.21.